The molecule has 0 bridgehead atoms. The lowest BCUT2D eigenvalue weighted by atomic mass is 9.99. The van der Waals surface area contributed by atoms with Crippen molar-refractivity contribution in [3.8, 4) is 35.1 Å². The molecule has 9 heteroatoms. The number of para-hydroxylation sites is 1. The number of aliphatic hydroxyl groups excluding tert-OH is 1. The first-order valence-corrected chi connectivity index (χ1v) is 14.8. The molecular weight excluding hydrogens is 580 g/mol. The third-order valence-electron chi connectivity index (χ3n) is 7.25. The standard InChI is InChI=1S/C29H28N2O4.C8H6N2O/c1-4-15-34-25-12-13-27-26(18-25)28(23-10-8-22(9-11-23)20(2)3)30-29(33)31(27)19-21-6-5-7-24(17-21)35-16-14-32;11-8-9-5-6-3-1-2-4-7(6)10-8/h1,5-13,17-18,20,32H,14-16,19H2,2-3H3;1-5H,(H,9,10,11). The number of aliphatic hydroxyl groups is 1. The Bertz CT molecular complexity index is 2110. The van der Waals surface area contributed by atoms with Crippen LogP contribution in [-0.2, 0) is 6.54 Å². The van der Waals surface area contributed by atoms with Crippen molar-refractivity contribution in [1.29, 1.82) is 0 Å². The van der Waals surface area contributed by atoms with Crippen molar-refractivity contribution >= 4 is 21.8 Å². The minimum absolute atomic E-state index is 0.0675. The number of benzene rings is 4. The van der Waals surface area contributed by atoms with Crippen LogP contribution in [0.15, 0.2) is 107 Å². The number of aromatic nitrogens is 4. The second kappa shape index (κ2) is 14.8. The number of fused-ring (bicyclic) bond motifs is 2. The van der Waals surface area contributed by atoms with E-state index in [9.17, 15) is 9.59 Å². The second-order valence-corrected chi connectivity index (χ2v) is 10.8. The van der Waals surface area contributed by atoms with Crippen molar-refractivity contribution in [2.75, 3.05) is 19.8 Å². The van der Waals surface area contributed by atoms with Crippen molar-refractivity contribution in [3.05, 3.63) is 129 Å². The minimum atomic E-state index is -0.348. The SMILES string of the molecule is C#CCOc1ccc2c(c1)c(-c1ccc(C(C)C)cc1)nc(=O)n2Cc1cccc(OCCO)c1.O=c1ncc2ccccc2[nH]1. The van der Waals surface area contributed by atoms with Crippen LogP contribution in [0.5, 0.6) is 11.5 Å². The van der Waals surface area contributed by atoms with E-state index in [1.165, 1.54) is 5.56 Å². The van der Waals surface area contributed by atoms with E-state index in [1.54, 1.807) is 10.8 Å². The van der Waals surface area contributed by atoms with Crippen LogP contribution < -0.4 is 20.9 Å². The van der Waals surface area contributed by atoms with Gasteiger partial charge >= 0.3 is 11.4 Å². The fraction of sp³-hybridized carbons (Fsp3) is 0.189. The Morgan fingerprint density at radius 1 is 0.935 bits per heavy atom. The molecule has 0 aliphatic rings. The number of nitrogens with zero attached hydrogens (tertiary/aromatic N) is 3. The van der Waals surface area contributed by atoms with E-state index in [-0.39, 0.29) is 31.2 Å². The average Bonchev–Trinajstić information content (AvgIpc) is 3.08. The minimum Gasteiger partial charge on any atom is -0.491 e. The quantitative estimate of drug-likeness (QED) is 0.205. The Hall–Kier alpha value is -5.72. The Morgan fingerprint density at radius 2 is 1.72 bits per heavy atom. The summed E-state index contributed by atoms with van der Waals surface area (Å²) in [6.45, 7) is 4.89. The van der Waals surface area contributed by atoms with Crippen LogP contribution >= 0.6 is 0 Å². The van der Waals surface area contributed by atoms with Gasteiger partial charge in [-0.2, -0.15) is 4.98 Å². The van der Waals surface area contributed by atoms with Gasteiger partial charge in [0.2, 0.25) is 0 Å². The highest BCUT2D eigenvalue weighted by molar-refractivity contribution is 5.93. The molecule has 0 aliphatic heterocycles. The monoisotopic (exact) mass is 614 g/mol. The number of hydrogen-bond acceptors (Lipinski definition) is 7. The van der Waals surface area contributed by atoms with E-state index in [0.717, 1.165) is 32.9 Å². The van der Waals surface area contributed by atoms with Gasteiger partial charge < -0.3 is 19.6 Å². The molecule has 4 aromatic carbocycles. The number of rotatable bonds is 9. The summed E-state index contributed by atoms with van der Waals surface area (Å²) in [5.41, 5.74) is 4.47. The van der Waals surface area contributed by atoms with Gasteiger partial charge in [-0.3, -0.25) is 4.57 Å². The van der Waals surface area contributed by atoms with Crippen molar-refractivity contribution in [3.63, 3.8) is 0 Å². The molecule has 232 valence electrons. The van der Waals surface area contributed by atoms with Crippen LogP contribution in [0.25, 0.3) is 33.1 Å². The summed E-state index contributed by atoms with van der Waals surface area (Å²) in [6, 6.07) is 28.7. The van der Waals surface area contributed by atoms with Gasteiger partial charge in [-0.25, -0.2) is 14.6 Å². The van der Waals surface area contributed by atoms with Gasteiger partial charge in [0.05, 0.1) is 29.9 Å². The van der Waals surface area contributed by atoms with E-state index < -0.39 is 0 Å². The fourth-order valence-corrected chi connectivity index (χ4v) is 4.95. The molecule has 2 aromatic heterocycles. The van der Waals surface area contributed by atoms with E-state index >= 15 is 0 Å². The molecule has 0 aliphatic carbocycles. The highest BCUT2D eigenvalue weighted by atomic mass is 16.5. The second-order valence-electron chi connectivity index (χ2n) is 10.8. The first kappa shape index (κ1) is 31.7. The van der Waals surface area contributed by atoms with E-state index in [1.807, 2.05) is 78.9 Å². The third-order valence-corrected chi connectivity index (χ3v) is 7.25. The maximum Gasteiger partial charge on any atom is 0.348 e. The molecule has 0 saturated carbocycles. The zero-order valence-corrected chi connectivity index (χ0v) is 25.6. The van der Waals surface area contributed by atoms with Crippen LogP contribution in [0.2, 0.25) is 0 Å². The number of nitrogens with one attached hydrogen (secondary N) is 1. The highest BCUT2D eigenvalue weighted by Crippen LogP contribution is 2.30. The lowest BCUT2D eigenvalue weighted by Gasteiger charge is -2.15. The Labute approximate surface area is 266 Å². The molecular formula is C37H34N4O5. The normalized spacial score (nSPS) is 10.8. The zero-order valence-electron chi connectivity index (χ0n) is 25.6. The fourth-order valence-electron chi connectivity index (χ4n) is 4.95. The lowest BCUT2D eigenvalue weighted by molar-refractivity contribution is 0.201. The van der Waals surface area contributed by atoms with Crippen molar-refractivity contribution < 1.29 is 14.6 Å². The van der Waals surface area contributed by atoms with Crippen molar-refractivity contribution in [2.24, 2.45) is 0 Å². The van der Waals surface area contributed by atoms with Gasteiger partial charge in [0.15, 0.2) is 0 Å². The predicted molar refractivity (Wildman–Crippen MR) is 180 cm³/mol. The summed E-state index contributed by atoms with van der Waals surface area (Å²) >= 11 is 0. The Morgan fingerprint density at radius 3 is 2.48 bits per heavy atom. The smallest absolute Gasteiger partial charge is 0.348 e. The number of H-pyrrole nitrogens is 1. The van der Waals surface area contributed by atoms with E-state index in [0.29, 0.717) is 29.7 Å². The van der Waals surface area contributed by atoms with E-state index in [2.05, 4.69) is 46.9 Å². The van der Waals surface area contributed by atoms with Gasteiger partial charge in [-0.1, -0.05) is 74.4 Å². The first-order valence-electron chi connectivity index (χ1n) is 14.8. The first-order chi connectivity index (χ1) is 22.4. The number of aromatic amines is 1. The molecule has 46 heavy (non-hydrogen) atoms. The Balaban J connectivity index is 0.000000316. The molecule has 0 unspecified atom stereocenters. The van der Waals surface area contributed by atoms with Gasteiger partial charge in [-0.05, 0) is 53.4 Å². The lowest BCUT2D eigenvalue weighted by Crippen LogP contribution is -2.24. The molecule has 0 atom stereocenters. The van der Waals surface area contributed by atoms with Gasteiger partial charge in [0, 0.05) is 22.5 Å². The summed E-state index contributed by atoms with van der Waals surface area (Å²) < 4.78 is 12.8. The average molecular weight is 615 g/mol. The molecule has 0 spiro atoms. The molecule has 2 heterocycles. The van der Waals surface area contributed by atoms with Gasteiger partial charge in [-0.15, -0.1) is 6.42 Å². The molecule has 9 nitrogen and oxygen atoms in total. The number of ether oxygens (including phenoxy) is 2. The van der Waals surface area contributed by atoms with Crippen LogP contribution in [0.3, 0.4) is 0 Å². The van der Waals surface area contributed by atoms with Gasteiger partial charge in [0.25, 0.3) is 0 Å². The summed E-state index contributed by atoms with van der Waals surface area (Å²) in [7, 11) is 0. The molecule has 6 aromatic rings. The summed E-state index contributed by atoms with van der Waals surface area (Å²) in [4.78, 5) is 34.7. The predicted octanol–water partition coefficient (Wildman–Crippen LogP) is 5.54. The molecule has 0 amide bonds. The molecule has 0 saturated heterocycles. The number of terminal acetylenes is 1. The summed E-state index contributed by atoms with van der Waals surface area (Å²) in [5, 5.41) is 10.8. The maximum absolute atomic E-state index is 13.3. The van der Waals surface area contributed by atoms with E-state index in [4.69, 9.17) is 21.0 Å². The van der Waals surface area contributed by atoms with Crippen molar-refractivity contribution in [2.45, 2.75) is 26.3 Å². The third kappa shape index (κ3) is 7.67. The van der Waals surface area contributed by atoms with Gasteiger partial charge in [0.1, 0.15) is 24.7 Å². The van der Waals surface area contributed by atoms with Crippen molar-refractivity contribution in [1.82, 2.24) is 19.5 Å². The van der Waals surface area contributed by atoms with Crippen LogP contribution in [0.4, 0.5) is 0 Å². The molecule has 6 rings (SSSR count). The largest absolute Gasteiger partial charge is 0.491 e. The molecule has 2 N–H and O–H groups in total. The number of hydrogen-bond donors (Lipinski definition) is 2. The van der Waals surface area contributed by atoms with Crippen LogP contribution in [-0.4, -0.2) is 44.4 Å². The van der Waals surface area contributed by atoms with Crippen LogP contribution in [0.1, 0.15) is 30.9 Å². The van der Waals surface area contributed by atoms with Crippen LogP contribution in [0, 0.1) is 12.3 Å². The summed E-state index contributed by atoms with van der Waals surface area (Å²) in [6.07, 6.45) is 6.93. The topological polar surface area (TPSA) is 119 Å². The maximum atomic E-state index is 13.3. The Kier molecular flexibility index (Phi) is 10.2. The summed E-state index contributed by atoms with van der Waals surface area (Å²) in [5.74, 6) is 4.13. The zero-order chi connectivity index (χ0) is 32.5. The highest BCUT2D eigenvalue weighted by Gasteiger charge is 2.15. The molecule has 0 radical (unpaired) electrons. The molecule has 0 fully saturated rings.